The van der Waals surface area contributed by atoms with Crippen LogP contribution < -0.4 is 5.32 Å². The molecular weight excluding hydrogens is 236 g/mol. The second kappa shape index (κ2) is 6.10. The van der Waals surface area contributed by atoms with Gasteiger partial charge < -0.3 is 14.6 Å². The van der Waals surface area contributed by atoms with Crippen molar-refractivity contribution in [2.24, 2.45) is 5.92 Å². The van der Waals surface area contributed by atoms with Gasteiger partial charge in [0.1, 0.15) is 0 Å². The van der Waals surface area contributed by atoms with Crippen LogP contribution in [0.1, 0.15) is 51.6 Å². The number of hydrogen-bond donors (Lipinski definition) is 1. The standard InChI is InChI=1S/C16H28N2O/c1-5-17-15(13-6-7-13)14-8-10-18(12-14)11-9-16(2,3)19-4/h8,10,12-13,15,17H,5-7,9,11H2,1-4H3. The van der Waals surface area contributed by atoms with E-state index in [1.54, 1.807) is 7.11 Å². The molecule has 1 aliphatic rings. The Morgan fingerprint density at radius 2 is 2.21 bits per heavy atom. The summed E-state index contributed by atoms with van der Waals surface area (Å²) in [5.41, 5.74) is 1.40. The SMILES string of the molecule is CCNC(c1ccn(CCC(C)(C)OC)c1)C1CC1. The molecule has 108 valence electrons. The summed E-state index contributed by atoms with van der Waals surface area (Å²) in [6, 6.07) is 2.83. The van der Waals surface area contributed by atoms with Crippen LogP contribution in [0.25, 0.3) is 0 Å². The lowest BCUT2D eigenvalue weighted by atomic mass is 10.1. The molecule has 1 N–H and O–H groups in total. The Morgan fingerprint density at radius 1 is 1.47 bits per heavy atom. The molecule has 1 fully saturated rings. The van der Waals surface area contributed by atoms with Gasteiger partial charge in [0.2, 0.25) is 0 Å². The predicted molar refractivity (Wildman–Crippen MR) is 79.3 cm³/mol. The van der Waals surface area contributed by atoms with E-state index in [0.29, 0.717) is 6.04 Å². The van der Waals surface area contributed by atoms with Crippen molar-refractivity contribution in [1.82, 2.24) is 9.88 Å². The summed E-state index contributed by atoms with van der Waals surface area (Å²) in [4.78, 5) is 0. The maximum Gasteiger partial charge on any atom is 0.0639 e. The number of aromatic nitrogens is 1. The second-order valence-corrected chi connectivity index (χ2v) is 6.27. The van der Waals surface area contributed by atoms with Gasteiger partial charge in [-0.2, -0.15) is 0 Å². The van der Waals surface area contributed by atoms with Crippen molar-refractivity contribution in [3.05, 3.63) is 24.0 Å². The number of ether oxygens (including phenoxy) is 1. The first-order valence-corrected chi connectivity index (χ1v) is 7.50. The average molecular weight is 264 g/mol. The summed E-state index contributed by atoms with van der Waals surface area (Å²) in [6.45, 7) is 8.53. The van der Waals surface area contributed by atoms with Crippen LogP contribution in [0, 0.1) is 5.92 Å². The average Bonchev–Trinajstić information content (AvgIpc) is 3.12. The van der Waals surface area contributed by atoms with E-state index >= 15 is 0 Å². The molecule has 1 aliphatic carbocycles. The van der Waals surface area contributed by atoms with Crippen molar-refractivity contribution >= 4 is 0 Å². The van der Waals surface area contributed by atoms with Crippen LogP contribution in [0.3, 0.4) is 0 Å². The molecule has 0 bridgehead atoms. The van der Waals surface area contributed by atoms with E-state index < -0.39 is 0 Å². The first kappa shape index (κ1) is 14.6. The minimum atomic E-state index is -0.0397. The smallest absolute Gasteiger partial charge is 0.0639 e. The normalized spacial score (nSPS) is 17.7. The molecule has 0 aromatic carbocycles. The Morgan fingerprint density at radius 3 is 2.79 bits per heavy atom. The maximum atomic E-state index is 5.47. The maximum absolute atomic E-state index is 5.47. The van der Waals surface area contributed by atoms with Crippen molar-refractivity contribution < 1.29 is 4.74 Å². The molecule has 19 heavy (non-hydrogen) atoms. The zero-order valence-electron chi connectivity index (χ0n) is 12.8. The monoisotopic (exact) mass is 264 g/mol. The van der Waals surface area contributed by atoms with E-state index in [1.807, 2.05) is 0 Å². The van der Waals surface area contributed by atoms with Crippen LogP contribution in [0.2, 0.25) is 0 Å². The largest absolute Gasteiger partial charge is 0.379 e. The number of nitrogens with zero attached hydrogens (tertiary/aromatic N) is 1. The molecule has 1 aromatic rings. The molecule has 0 aliphatic heterocycles. The first-order valence-electron chi connectivity index (χ1n) is 7.50. The number of rotatable bonds is 8. The lowest BCUT2D eigenvalue weighted by Gasteiger charge is -2.23. The number of nitrogens with one attached hydrogen (secondary N) is 1. The van der Waals surface area contributed by atoms with Gasteiger partial charge in [-0.25, -0.2) is 0 Å². The second-order valence-electron chi connectivity index (χ2n) is 6.27. The Bertz CT molecular complexity index is 393. The van der Waals surface area contributed by atoms with Gasteiger partial charge in [0.05, 0.1) is 5.60 Å². The van der Waals surface area contributed by atoms with Crippen molar-refractivity contribution in [3.8, 4) is 0 Å². The zero-order valence-corrected chi connectivity index (χ0v) is 12.8. The zero-order chi connectivity index (χ0) is 13.9. The van der Waals surface area contributed by atoms with Gasteiger partial charge in [-0.3, -0.25) is 0 Å². The first-order chi connectivity index (χ1) is 9.05. The molecule has 3 heteroatoms. The molecule has 3 nitrogen and oxygen atoms in total. The van der Waals surface area contributed by atoms with E-state index in [2.05, 4.69) is 49.1 Å². The summed E-state index contributed by atoms with van der Waals surface area (Å²) < 4.78 is 7.77. The highest BCUT2D eigenvalue weighted by atomic mass is 16.5. The fraction of sp³-hybridized carbons (Fsp3) is 0.750. The summed E-state index contributed by atoms with van der Waals surface area (Å²) in [5, 5.41) is 3.62. The highest BCUT2D eigenvalue weighted by molar-refractivity contribution is 5.18. The molecule has 1 unspecified atom stereocenters. The van der Waals surface area contributed by atoms with Gasteiger partial charge in [0.25, 0.3) is 0 Å². The molecule has 0 saturated heterocycles. The predicted octanol–water partition coefficient (Wildman–Crippen LogP) is 3.36. The van der Waals surface area contributed by atoms with Crippen LogP contribution in [-0.2, 0) is 11.3 Å². The molecule has 1 heterocycles. The minimum Gasteiger partial charge on any atom is -0.379 e. The molecule has 1 aromatic heterocycles. The van der Waals surface area contributed by atoms with Crippen LogP contribution in [0.4, 0.5) is 0 Å². The summed E-state index contributed by atoms with van der Waals surface area (Å²) in [7, 11) is 1.79. The highest BCUT2D eigenvalue weighted by Gasteiger charge is 2.32. The Hall–Kier alpha value is -0.800. The Balaban J connectivity index is 1.94. The fourth-order valence-corrected chi connectivity index (χ4v) is 2.49. The van der Waals surface area contributed by atoms with E-state index in [9.17, 15) is 0 Å². The minimum absolute atomic E-state index is 0.0397. The van der Waals surface area contributed by atoms with E-state index in [4.69, 9.17) is 4.74 Å². The van der Waals surface area contributed by atoms with Gasteiger partial charge in [-0.15, -0.1) is 0 Å². The highest BCUT2D eigenvalue weighted by Crippen LogP contribution is 2.41. The number of aryl methyl sites for hydroxylation is 1. The fourth-order valence-electron chi connectivity index (χ4n) is 2.49. The molecular formula is C16H28N2O. The van der Waals surface area contributed by atoms with Crippen molar-refractivity contribution in [2.45, 2.75) is 58.2 Å². The summed E-state index contributed by atoms with van der Waals surface area (Å²) >= 11 is 0. The van der Waals surface area contributed by atoms with Crippen LogP contribution in [0.15, 0.2) is 18.5 Å². The number of hydrogen-bond acceptors (Lipinski definition) is 2. The van der Waals surface area contributed by atoms with Crippen LogP contribution in [0.5, 0.6) is 0 Å². The molecule has 1 saturated carbocycles. The van der Waals surface area contributed by atoms with Gasteiger partial charge in [-0.1, -0.05) is 6.92 Å². The van der Waals surface area contributed by atoms with Gasteiger partial charge >= 0.3 is 0 Å². The van der Waals surface area contributed by atoms with Crippen LogP contribution in [-0.4, -0.2) is 23.8 Å². The van der Waals surface area contributed by atoms with Crippen LogP contribution >= 0.6 is 0 Å². The lowest BCUT2D eigenvalue weighted by molar-refractivity contribution is 0.0120. The molecule has 1 atom stereocenters. The quantitative estimate of drug-likeness (QED) is 0.779. The molecule has 0 radical (unpaired) electrons. The Kier molecular flexibility index (Phi) is 4.69. The van der Waals surface area contributed by atoms with E-state index in [0.717, 1.165) is 25.4 Å². The van der Waals surface area contributed by atoms with Crippen molar-refractivity contribution in [3.63, 3.8) is 0 Å². The van der Waals surface area contributed by atoms with Crippen molar-refractivity contribution in [2.75, 3.05) is 13.7 Å². The Labute approximate surface area is 117 Å². The van der Waals surface area contributed by atoms with Gasteiger partial charge in [-0.05, 0) is 57.2 Å². The van der Waals surface area contributed by atoms with E-state index in [-0.39, 0.29) is 5.60 Å². The molecule has 2 rings (SSSR count). The van der Waals surface area contributed by atoms with Gasteiger partial charge in [0, 0.05) is 32.1 Å². The lowest BCUT2D eigenvalue weighted by Crippen LogP contribution is -2.24. The van der Waals surface area contributed by atoms with Crippen molar-refractivity contribution in [1.29, 1.82) is 0 Å². The molecule has 0 spiro atoms. The summed E-state index contributed by atoms with van der Waals surface area (Å²) in [6.07, 6.45) is 8.29. The van der Waals surface area contributed by atoms with E-state index in [1.165, 1.54) is 18.4 Å². The molecule has 0 amide bonds. The third kappa shape index (κ3) is 4.08. The summed E-state index contributed by atoms with van der Waals surface area (Å²) in [5.74, 6) is 0.853. The number of methoxy groups -OCH3 is 1. The third-order valence-corrected chi connectivity index (χ3v) is 4.17. The third-order valence-electron chi connectivity index (χ3n) is 4.17. The van der Waals surface area contributed by atoms with Gasteiger partial charge in [0.15, 0.2) is 0 Å². The topological polar surface area (TPSA) is 26.2 Å².